The van der Waals surface area contributed by atoms with E-state index in [4.69, 9.17) is 15.7 Å². The van der Waals surface area contributed by atoms with Crippen LogP contribution in [0.4, 0.5) is 0 Å². The number of aliphatic hydroxyl groups excluding tert-OH is 1. The maximum Gasteiger partial charge on any atom is 0.201 e. The van der Waals surface area contributed by atoms with E-state index in [-0.39, 0.29) is 47.0 Å². The summed E-state index contributed by atoms with van der Waals surface area (Å²) in [6.07, 6.45) is 0.193. The largest absolute Gasteiger partial charge is 0.396 e. The Labute approximate surface area is 123 Å². The minimum atomic E-state index is -1.52. The third kappa shape index (κ3) is 6.01. The Kier molecular flexibility index (Phi) is 9.48. The molecule has 0 aliphatic carbocycles. The first-order valence-corrected chi connectivity index (χ1v) is 7.87. The zero-order valence-electron chi connectivity index (χ0n) is 12.8. The third-order valence-electron chi connectivity index (χ3n) is 3.00. The molecule has 4 N–H and O–H groups in total. The predicted octanol–water partition coefficient (Wildman–Crippen LogP) is 0.842. The first kappa shape index (κ1) is 19.7. The lowest BCUT2D eigenvalue weighted by atomic mass is 10.1. The summed E-state index contributed by atoms with van der Waals surface area (Å²) in [6.45, 7) is 8.16. The van der Waals surface area contributed by atoms with Crippen LogP contribution >= 0.6 is 8.73 Å². The van der Waals surface area contributed by atoms with Crippen molar-refractivity contribution in [3.05, 3.63) is 0 Å². The van der Waals surface area contributed by atoms with E-state index in [1.807, 2.05) is 33.8 Å². The summed E-state index contributed by atoms with van der Waals surface area (Å²) in [7, 11) is -0.0495. The zero-order valence-corrected chi connectivity index (χ0v) is 13.8. The summed E-state index contributed by atoms with van der Waals surface area (Å²) in [4.78, 5) is 0. The number of rotatable bonds is 10. The number of nitriles is 1. The molecule has 3 atom stereocenters. The van der Waals surface area contributed by atoms with Crippen molar-refractivity contribution < 1.29 is 14.9 Å². The molecule has 0 heterocycles. The normalized spacial score (nSPS) is 17.1. The third-order valence-corrected chi connectivity index (χ3v) is 5.16. The Morgan fingerprint density at radius 2 is 1.90 bits per heavy atom. The lowest BCUT2D eigenvalue weighted by Gasteiger charge is -2.41. The van der Waals surface area contributed by atoms with Gasteiger partial charge >= 0.3 is 0 Å². The fourth-order valence-corrected chi connectivity index (χ4v) is 3.34. The van der Waals surface area contributed by atoms with Crippen molar-refractivity contribution in [2.24, 2.45) is 11.7 Å². The molecule has 7 heteroatoms. The van der Waals surface area contributed by atoms with Crippen molar-refractivity contribution in [1.82, 2.24) is 4.67 Å². The van der Waals surface area contributed by atoms with Crippen LogP contribution in [0.2, 0.25) is 0 Å². The van der Waals surface area contributed by atoms with Crippen LogP contribution in [-0.2, 0) is 4.74 Å². The van der Waals surface area contributed by atoms with E-state index in [1.54, 1.807) is 0 Å². The lowest BCUT2D eigenvalue weighted by molar-refractivity contribution is -0.176. The molecule has 0 saturated heterocycles. The Morgan fingerprint density at radius 3 is 2.25 bits per heavy atom. The average molecular weight is 305 g/mol. The van der Waals surface area contributed by atoms with E-state index in [1.165, 1.54) is 0 Å². The number of nitrogens with two attached hydrogens (primary N) is 1. The molecule has 0 aromatic rings. The van der Waals surface area contributed by atoms with Gasteiger partial charge in [-0.1, -0.05) is 0 Å². The minimum Gasteiger partial charge on any atom is -0.396 e. The van der Waals surface area contributed by atoms with Crippen molar-refractivity contribution in [3.63, 3.8) is 0 Å². The van der Waals surface area contributed by atoms with E-state index >= 15 is 0 Å². The standard InChI is InChI=1S/C13H28N3O3P/c1-10(2)16(11(3)4)20-13(18,12(8-15)9-17)19-7-5-6-14/h10-12,17-18,20H,5,7-9,15H2,1-4H3. The molecule has 20 heavy (non-hydrogen) atoms. The van der Waals surface area contributed by atoms with Crippen LogP contribution in [-0.4, -0.2) is 52.3 Å². The summed E-state index contributed by atoms with van der Waals surface area (Å²) in [5.74, 6) is -0.570. The smallest absolute Gasteiger partial charge is 0.201 e. The number of hydrogen-bond donors (Lipinski definition) is 3. The molecule has 0 aromatic carbocycles. The first-order chi connectivity index (χ1) is 9.32. The van der Waals surface area contributed by atoms with Crippen LogP contribution < -0.4 is 5.73 Å². The summed E-state index contributed by atoms with van der Waals surface area (Å²) in [6, 6.07) is 2.44. The SMILES string of the molecule is CC(C)N(PC(O)(OCCC#N)C(CN)CO)C(C)C. The maximum atomic E-state index is 10.8. The highest BCUT2D eigenvalue weighted by atomic mass is 31.1. The molecule has 0 saturated carbocycles. The maximum absolute atomic E-state index is 10.8. The molecule has 0 bridgehead atoms. The molecule has 0 rings (SSSR count). The molecule has 0 aromatic heterocycles. The van der Waals surface area contributed by atoms with Crippen LogP contribution in [0.25, 0.3) is 0 Å². The molecule has 3 unspecified atom stereocenters. The average Bonchev–Trinajstić information content (AvgIpc) is 2.37. The Balaban J connectivity index is 5.04. The predicted molar refractivity (Wildman–Crippen MR) is 81.2 cm³/mol. The number of aliphatic hydroxyl groups is 2. The van der Waals surface area contributed by atoms with Crippen LogP contribution in [0.5, 0.6) is 0 Å². The zero-order chi connectivity index (χ0) is 15.8. The van der Waals surface area contributed by atoms with Crippen LogP contribution in [0.15, 0.2) is 0 Å². The van der Waals surface area contributed by atoms with Crippen molar-refractivity contribution in [3.8, 4) is 6.07 Å². The number of ether oxygens (including phenoxy) is 1. The van der Waals surface area contributed by atoms with Crippen molar-refractivity contribution >= 4 is 8.73 Å². The minimum absolute atomic E-state index is 0.0495. The van der Waals surface area contributed by atoms with Crippen molar-refractivity contribution in [1.29, 1.82) is 5.26 Å². The van der Waals surface area contributed by atoms with Gasteiger partial charge in [-0.25, -0.2) is 0 Å². The quantitative estimate of drug-likeness (QED) is 0.314. The van der Waals surface area contributed by atoms with Gasteiger partial charge < -0.3 is 20.7 Å². The van der Waals surface area contributed by atoms with Gasteiger partial charge in [-0.3, -0.25) is 4.67 Å². The highest BCUT2D eigenvalue weighted by Gasteiger charge is 2.39. The van der Waals surface area contributed by atoms with Gasteiger partial charge in [-0.05, 0) is 27.7 Å². The van der Waals surface area contributed by atoms with Gasteiger partial charge in [0.1, 0.15) is 0 Å². The van der Waals surface area contributed by atoms with E-state index in [0.29, 0.717) is 0 Å². The summed E-state index contributed by atoms with van der Waals surface area (Å²) >= 11 is 0. The van der Waals surface area contributed by atoms with Crippen LogP contribution in [0.1, 0.15) is 34.1 Å². The second kappa shape index (κ2) is 9.62. The van der Waals surface area contributed by atoms with E-state index in [9.17, 15) is 10.2 Å². The van der Waals surface area contributed by atoms with Gasteiger partial charge in [0.05, 0.1) is 31.6 Å². The highest BCUT2D eigenvalue weighted by Crippen LogP contribution is 2.42. The Hall–Kier alpha value is -0.280. The van der Waals surface area contributed by atoms with Gasteiger partial charge in [0.15, 0.2) is 0 Å². The Morgan fingerprint density at radius 1 is 1.35 bits per heavy atom. The monoisotopic (exact) mass is 305 g/mol. The molecule has 0 spiro atoms. The van der Waals surface area contributed by atoms with Crippen LogP contribution in [0, 0.1) is 17.2 Å². The van der Waals surface area contributed by atoms with Crippen LogP contribution in [0.3, 0.4) is 0 Å². The van der Waals surface area contributed by atoms with Gasteiger partial charge in [0.25, 0.3) is 0 Å². The lowest BCUT2D eigenvalue weighted by Crippen LogP contribution is -2.47. The summed E-state index contributed by atoms with van der Waals surface area (Å²) in [5.41, 5.74) is 4.10. The second-order valence-corrected chi connectivity index (χ2v) is 6.73. The van der Waals surface area contributed by atoms with E-state index in [2.05, 4.69) is 4.67 Å². The molecule has 0 amide bonds. The van der Waals surface area contributed by atoms with Gasteiger partial charge in [-0.2, -0.15) is 5.26 Å². The first-order valence-electron chi connectivity index (χ1n) is 6.92. The topological polar surface area (TPSA) is 103 Å². The molecule has 118 valence electrons. The van der Waals surface area contributed by atoms with Crippen molar-refractivity contribution in [2.45, 2.75) is 51.7 Å². The van der Waals surface area contributed by atoms with E-state index < -0.39 is 11.4 Å². The summed E-state index contributed by atoms with van der Waals surface area (Å²) < 4.78 is 7.61. The fourth-order valence-electron chi connectivity index (χ4n) is 1.89. The van der Waals surface area contributed by atoms with Gasteiger partial charge in [-0.15, -0.1) is 0 Å². The van der Waals surface area contributed by atoms with E-state index in [0.717, 1.165) is 0 Å². The molecule has 6 nitrogen and oxygen atoms in total. The molecule has 0 aliphatic rings. The Bertz CT molecular complexity index is 298. The molecule has 0 fully saturated rings. The number of nitrogens with zero attached hydrogens (tertiary/aromatic N) is 2. The number of hydrogen-bond acceptors (Lipinski definition) is 6. The molecule has 0 radical (unpaired) electrons. The van der Waals surface area contributed by atoms with Gasteiger partial charge in [0.2, 0.25) is 5.53 Å². The molecular formula is C13H28N3O3P. The fraction of sp³-hybridized carbons (Fsp3) is 0.923. The van der Waals surface area contributed by atoms with Crippen molar-refractivity contribution in [2.75, 3.05) is 19.8 Å². The summed E-state index contributed by atoms with van der Waals surface area (Å²) in [5, 5.41) is 28.8. The molecule has 0 aliphatic heterocycles. The molecular weight excluding hydrogens is 277 g/mol. The highest BCUT2D eigenvalue weighted by molar-refractivity contribution is 7.36. The van der Waals surface area contributed by atoms with Gasteiger partial charge in [0, 0.05) is 27.4 Å². The second-order valence-electron chi connectivity index (χ2n) is 5.27.